The summed E-state index contributed by atoms with van der Waals surface area (Å²) in [6.45, 7) is 6.42. The third-order valence-electron chi connectivity index (χ3n) is 6.68. The molecule has 0 saturated carbocycles. The first-order chi connectivity index (χ1) is 20.7. The number of carbonyl (C=O) groups excluding carboxylic acids is 3. The number of anilines is 1. The fourth-order valence-electron chi connectivity index (χ4n) is 4.39. The van der Waals surface area contributed by atoms with Crippen LogP contribution in [-0.4, -0.2) is 83.7 Å². The van der Waals surface area contributed by atoms with E-state index in [2.05, 4.69) is 33.0 Å². The van der Waals surface area contributed by atoms with Gasteiger partial charge >= 0.3 is 18.2 Å². The van der Waals surface area contributed by atoms with Crippen LogP contribution in [0, 0.1) is 17.2 Å². The van der Waals surface area contributed by atoms with Gasteiger partial charge in [-0.1, -0.05) is 44.2 Å². The maximum absolute atomic E-state index is 12.8. The van der Waals surface area contributed by atoms with E-state index in [9.17, 15) is 27.6 Å². The van der Waals surface area contributed by atoms with Gasteiger partial charge in [-0.3, -0.25) is 14.5 Å². The maximum atomic E-state index is 12.8. The standard InChI is InChI=1S/C28H36N6O3.C2HF3O2/c1-20(2)17-25(27(36)30-15-14-29)32-26(35)22-9-11-23(12-10-22)31-28(37)33(3)24-13-16-34(19-24)18-21-7-5-4-6-8-21;3-2(4,5)1(6)7/h4-12,20,24-25H,13,15-19H2,1-3H3,(H,30,36)(H,31,37)(H,32,35);(H,6,7)/t24-,25+;/m1./s1. The topological polar surface area (TPSA) is 155 Å². The Bertz CT molecular complexity index is 1300. The second-order valence-corrected chi connectivity index (χ2v) is 10.6. The van der Waals surface area contributed by atoms with Crippen LogP contribution in [0.2, 0.25) is 0 Å². The van der Waals surface area contributed by atoms with Gasteiger partial charge in [0.05, 0.1) is 6.07 Å². The number of hydrogen-bond donors (Lipinski definition) is 4. The Hall–Kier alpha value is -4.64. The molecule has 14 heteroatoms. The number of benzene rings is 2. The van der Waals surface area contributed by atoms with Crippen molar-refractivity contribution in [2.75, 3.05) is 32.0 Å². The van der Waals surface area contributed by atoms with E-state index in [1.165, 1.54) is 5.56 Å². The maximum Gasteiger partial charge on any atom is 0.490 e. The van der Waals surface area contributed by atoms with Crippen molar-refractivity contribution in [3.63, 3.8) is 0 Å². The Balaban J connectivity index is 0.000000860. The van der Waals surface area contributed by atoms with Crippen molar-refractivity contribution < 1.29 is 37.5 Å². The molecule has 1 fully saturated rings. The van der Waals surface area contributed by atoms with E-state index < -0.39 is 24.1 Å². The zero-order valence-corrected chi connectivity index (χ0v) is 24.7. The molecule has 2 aromatic carbocycles. The number of alkyl halides is 3. The number of nitriles is 1. The molecule has 1 heterocycles. The number of hydrogen-bond acceptors (Lipinski definition) is 6. The highest BCUT2D eigenvalue weighted by molar-refractivity contribution is 5.98. The summed E-state index contributed by atoms with van der Waals surface area (Å²) in [5, 5.41) is 24.0. The zero-order valence-electron chi connectivity index (χ0n) is 24.7. The number of nitrogens with zero attached hydrogens (tertiary/aromatic N) is 3. The van der Waals surface area contributed by atoms with Crippen LogP contribution in [0.3, 0.4) is 0 Å². The molecule has 0 aliphatic carbocycles. The first-order valence-corrected chi connectivity index (χ1v) is 13.9. The van der Waals surface area contributed by atoms with Crippen molar-refractivity contribution in [2.45, 2.75) is 51.5 Å². The van der Waals surface area contributed by atoms with Crippen molar-refractivity contribution in [3.8, 4) is 6.07 Å². The lowest BCUT2D eigenvalue weighted by Gasteiger charge is -2.25. The molecule has 4 N–H and O–H groups in total. The predicted molar refractivity (Wildman–Crippen MR) is 156 cm³/mol. The van der Waals surface area contributed by atoms with Crippen molar-refractivity contribution >= 4 is 29.5 Å². The number of carboxylic acids is 1. The highest BCUT2D eigenvalue weighted by Crippen LogP contribution is 2.19. The fourth-order valence-corrected chi connectivity index (χ4v) is 4.39. The Morgan fingerprint density at radius 3 is 2.25 bits per heavy atom. The lowest BCUT2D eigenvalue weighted by atomic mass is 10.0. The Labute approximate surface area is 254 Å². The monoisotopic (exact) mass is 618 g/mol. The van der Waals surface area contributed by atoms with Gasteiger partial charge in [-0.25, -0.2) is 9.59 Å². The fraction of sp³-hybridized carbons (Fsp3) is 0.433. The van der Waals surface area contributed by atoms with Gasteiger partial charge in [-0.2, -0.15) is 18.4 Å². The largest absolute Gasteiger partial charge is 0.490 e. The second-order valence-electron chi connectivity index (χ2n) is 10.6. The zero-order chi connectivity index (χ0) is 32.9. The molecule has 238 valence electrons. The van der Waals surface area contributed by atoms with Crippen LogP contribution < -0.4 is 16.0 Å². The molecule has 0 aromatic heterocycles. The molecule has 1 aliphatic rings. The van der Waals surface area contributed by atoms with Crippen LogP contribution in [0.25, 0.3) is 0 Å². The van der Waals surface area contributed by atoms with Crippen molar-refractivity contribution in [1.29, 1.82) is 5.26 Å². The quantitative estimate of drug-likeness (QED) is 0.295. The molecule has 0 spiro atoms. The van der Waals surface area contributed by atoms with Gasteiger partial charge < -0.3 is 26.0 Å². The van der Waals surface area contributed by atoms with Gasteiger partial charge in [0.15, 0.2) is 0 Å². The number of carbonyl (C=O) groups is 4. The molecule has 44 heavy (non-hydrogen) atoms. The smallest absolute Gasteiger partial charge is 0.475 e. The minimum Gasteiger partial charge on any atom is -0.475 e. The van der Waals surface area contributed by atoms with Gasteiger partial charge in [-0.05, 0) is 48.6 Å². The Morgan fingerprint density at radius 2 is 1.70 bits per heavy atom. The molecule has 0 radical (unpaired) electrons. The van der Waals surface area contributed by atoms with E-state index in [1.54, 1.807) is 36.2 Å². The van der Waals surface area contributed by atoms with Crippen molar-refractivity contribution in [1.82, 2.24) is 20.4 Å². The summed E-state index contributed by atoms with van der Waals surface area (Å²) in [6.07, 6.45) is -3.72. The number of rotatable bonds is 10. The molecule has 1 aliphatic heterocycles. The minimum atomic E-state index is -5.08. The predicted octanol–water partition coefficient (Wildman–Crippen LogP) is 3.84. The highest BCUT2D eigenvalue weighted by atomic mass is 19.4. The lowest BCUT2D eigenvalue weighted by molar-refractivity contribution is -0.192. The van der Waals surface area contributed by atoms with E-state index in [0.717, 1.165) is 26.1 Å². The number of urea groups is 1. The van der Waals surface area contributed by atoms with E-state index >= 15 is 0 Å². The molecule has 0 unspecified atom stereocenters. The summed E-state index contributed by atoms with van der Waals surface area (Å²) in [6, 6.07) is 17.9. The molecular weight excluding hydrogens is 581 g/mol. The Morgan fingerprint density at radius 1 is 1.09 bits per heavy atom. The van der Waals surface area contributed by atoms with Crippen molar-refractivity contribution in [3.05, 3.63) is 65.7 Å². The molecule has 2 aromatic rings. The lowest BCUT2D eigenvalue weighted by Crippen LogP contribution is -2.47. The molecule has 1 saturated heterocycles. The third kappa shape index (κ3) is 11.9. The molecule has 11 nitrogen and oxygen atoms in total. The van der Waals surface area contributed by atoms with Crippen LogP contribution in [0.5, 0.6) is 0 Å². The van der Waals surface area contributed by atoms with E-state index in [-0.39, 0.29) is 30.4 Å². The van der Waals surface area contributed by atoms with Gasteiger partial charge in [0.2, 0.25) is 5.91 Å². The second kappa shape index (κ2) is 16.9. The summed E-state index contributed by atoms with van der Waals surface area (Å²) >= 11 is 0. The molecule has 3 rings (SSSR count). The number of likely N-dealkylation sites (tertiary alicyclic amines) is 1. The van der Waals surface area contributed by atoms with Gasteiger partial charge in [0.25, 0.3) is 5.91 Å². The first-order valence-electron chi connectivity index (χ1n) is 13.9. The number of nitrogens with one attached hydrogen (secondary N) is 3. The molecule has 4 amide bonds. The summed E-state index contributed by atoms with van der Waals surface area (Å²) in [5.74, 6) is -3.35. The van der Waals surface area contributed by atoms with E-state index in [4.69, 9.17) is 15.2 Å². The van der Waals surface area contributed by atoms with Crippen LogP contribution in [0.1, 0.15) is 42.6 Å². The minimum absolute atomic E-state index is 0.113. The van der Waals surface area contributed by atoms with E-state index in [1.807, 2.05) is 38.1 Å². The number of carboxylic acid groups (broad SMARTS) is 1. The summed E-state index contributed by atoms with van der Waals surface area (Å²) < 4.78 is 31.7. The molecule has 0 bridgehead atoms. The van der Waals surface area contributed by atoms with E-state index in [0.29, 0.717) is 17.7 Å². The molecular formula is C30H37F3N6O5. The summed E-state index contributed by atoms with van der Waals surface area (Å²) in [7, 11) is 1.81. The van der Waals surface area contributed by atoms with Crippen molar-refractivity contribution in [2.24, 2.45) is 5.92 Å². The van der Waals surface area contributed by atoms with Crippen LogP contribution in [0.4, 0.5) is 23.7 Å². The number of halogens is 3. The summed E-state index contributed by atoms with van der Waals surface area (Å²) in [5.41, 5.74) is 2.22. The van der Waals surface area contributed by atoms with Gasteiger partial charge in [0, 0.05) is 44.0 Å². The average molecular weight is 619 g/mol. The summed E-state index contributed by atoms with van der Waals surface area (Å²) in [4.78, 5) is 50.9. The SMILES string of the molecule is CC(C)C[C@H](NC(=O)c1ccc(NC(=O)N(C)[C@@H]2CCN(Cc3ccccc3)C2)cc1)C(=O)NCC#N.O=C(O)C(F)(F)F. The van der Waals surface area contributed by atoms with Gasteiger partial charge in [-0.15, -0.1) is 0 Å². The number of likely N-dealkylation sites (N-methyl/N-ethyl adjacent to an activating group) is 1. The van der Waals surface area contributed by atoms with Gasteiger partial charge in [0.1, 0.15) is 12.6 Å². The van der Waals surface area contributed by atoms with Crippen LogP contribution in [-0.2, 0) is 16.1 Å². The van der Waals surface area contributed by atoms with Crippen LogP contribution in [0.15, 0.2) is 54.6 Å². The Kier molecular flexibility index (Phi) is 13.6. The molecule has 2 atom stereocenters. The highest BCUT2D eigenvalue weighted by Gasteiger charge is 2.38. The number of amides is 4. The number of aliphatic carboxylic acids is 1. The normalized spacial score (nSPS) is 15.3. The average Bonchev–Trinajstić information content (AvgIpc) is 3.43. The first kappa shape index (κ1) is 35.6. The van der Waals surface area contributed by atoms with Crippen LogP contribution >= 0.6 is 0 Å². The third-order valence-corrected chi connectivity index (χ3v) is 6.68.